The Balaban J connectivity index is 0.000000853. The zero-order valence-corrected chi connectivity index (χ0v) is 11.1. The van der Waals surface area contributed by atoms with Gasteiger partial charge in [0.1, 0.15) is 6.61 Å². The Morgan fingerprint density at radius 1 is 1.53 bits per heavy atom. The molecule has 1 aromatic rings. The molecule has 75 valence electrons. The Morgan fingerprint density at radius 2 is 2.40 bits per heavy atom. The standard InChI is InChI=1S/C11H10NO2.Y/c13-11-12-6-9-4-2-1-3-8(9)5-10(12)7-14-11;/h1-2,4,10H,5-7H2;/q-1;/t10-;/m1./s1. The first-order valence-electron chi connectivity index (χ1n) is 4.76. The summed E-state index contributed by atoms with van der Waals surface area (Å²) in [4.78, 5) is 13.1. The van der Waals surface area contributed by atoms with E-state index in [1.807, 2.05) is 18.2 Å². The summed E-state index contributed by atoms with van der Waals surface area (Å²) in [5.74, 6) is 0. The van der Waals surface area contributed by atoms with E-state index >= 15 is 0 Å². The maximum atomic E-state index is 11.3. The molecule has 1 aromatic carbocycles. The molecule has 3 rings (SSSR count). The van der Waals surface area contributed by atoms with Gasteiger partial charge in [-0.2, -0.15) is 29.8 Å². The molecule has 0 unspecified atom stereocenters. The number of hydrogen-bond acceptors (Lipinski definition) is 2. The zero-order chi connectivity index (χ0) is 9.54. The molecule has 1 radical (unpaired) electrons. The number of amides is 1. The van der Waals surface area contributed by atoms with Crippen molar-refractivity contribution in [1.29, 1.82) is 0 Å². The fourth-order valence-electron chi connectivity index (χ4n) is 2.12. The van der Waals surface area contributed by atoms with Crippen LogP contribution in [0.3, 0.4) is 0 Å². The van der Waals surface area contributed by atoms with E-state index in [9.17, 15) is 4.79 Å². The molecule has 3 nitrogen and oxygen atoms in total. The summed E-state index contributed by atoms with van der Waals surface area (Å²) in [5, 5.41) is 0. The fraction of sp³-hybridized carbons (Fsp3) is 0.364. The van der Waals surface area contributed by atoms with Crippen LogP contribution in [0.2, 0.25) is 0 Å². The second-order valence-electron chi connectivity index (χ2n) is 3.74. The van der Waals surface area contributed by atoms with E-state index in [0.29, 0.717) is 13.2 Å². The first-order chi connectivity index (χ1) is 6.84. The third-order valence-corrected chi connectivity index (χ3v) is 2.89. The van der Waals surface area contributed by atoms with Crippen LogP contribution in [0.25, 0.3) is 0 Å². The van der Waals surface area contributed by atoms with Crippen molar-refractivity contribution in [2.24, 2.45) is 0 Å². The van der Waals surface area contributed by atoms with E-state index < -0.39 is 0 Å². The number of rotatable bonds is 0. The predicted octanol–water partition coefficient (Wildman–Crippen LogP) is 1.36. The fourth-order valence-corrected chi connectivity index (χ4v) is 2.12. The summed E-state index contributed by atoms with van der Waals surface area (Å²) < 4.78 is 5.00. The molecule has 15 heavy (non-hydrogen) atoms. The van der Waals surface area contributed by atoms with Gasteiger partial charge in [0.2, 0.25) is 0 Å². The average Bonchev–Trinajstić information content (AvgIpc) is 2.57. The van der Waals surface area contributed by atoms with Gasteiger partial charge in [0.05, 0.1) is 6.04 Å². The van der Waals surface area contributed by atoms with Crippen LogP contribution < -0.4 is 0 Å². The van der Waals surface area contributed by atoms with Gasteiger partial charge >= 0.3 is 6.09 Å². The van der Waals surface area contributed by atoms with E-state index in [2.05, 4.69) is 6.07 Å². The Morgan fingerprint density at radius 3 is 3.27 bits per heavy atom. The molecule has 0 N–H and O–H groups in total. The van der Waals surface area contributed by atoms with Crippen LogP contribution in [0.5, 0.6) is 0 Å². The predicted molar refractivity (Wildman–Crippen MR) is 49.7 cm³/mol. The number of hydrogen-bond donors (Lipinski definition) is 0. The molecule has 0 spiro atoms. The molecule has 1 fully saturated rings. The monoisotopic (exact) mass is 277 g/mol. The van der Waals surface area contributed by atoms with Crippen molar-refractivity contribution in [3.05, 3.63) is 35.4 Å². The Hall–Kier alpha value is -0.406. The maximum Gasteiger partial charge on any atom is 0.409 e. The first-order valence-corrected chi connectivity index (χ1v) is 4.76. The van der Waals surface area contributed by atoms with Crippen molar-refractivity contribution in [1.82, 2.24) is 4.90 Å². The van der Waals surface area contributed by atoms with Gasteiger partial charge in [-0.05, 0) is 6.42 Å². The summed E-state index contributed by atoms with van der Waals surface area (Å²) in [6, 6.07) is 9.38. The average molecular weight is 277 g/mol. The third-order valence-electron chi connectivity index (χ3n) is 2.89. The summed E-state index contributed by atoms with van der Waals surface area (Å²) in [7, 11) is 0. The van der Waals surface area contributed by atoms with Crippen LogP contribution in [-0.4, -0.2) is 23.6 Å². The summed E-state index contributed by atoms with van der Waals surface area (Å²) >= 11 is 0. The van der Waals surface area contributed by atoms with Gasteiger partial charge in [-0.1, -0.05) is 0 Å². The molecule has 0 saturated carbocycles. The Kier molecular flexibility index (Phi) is 3.12. The number of benzene rings is 1. The molecular formula is C11H10NO2Y-. The molecule has 1 atom stereocenters. The normalized spacial score (nSPS) is 22.5. The van der Waals surface area contributed by atoms with Crippen LogP contribution in [0.1, 0.15) is 11.1 Å². The van der Waals surface area contributed by atoms with Crippen molar-refractivity contribution in [2.75, 3.05) is 6.61 Å². The molecule has 2 heterocycles. The minimum absolute atomic E-state index is 0. The number of cyclic esters (lactones) is 1. The zero-order valence-electron chi connectivity index (χ0n) is 8.27. The minimum Gasteiger partial charge on any atom is -0.447 e. The SMILES string of the molecule is O=C1OC[C@H]2Cc3[c-]cccc3CN12.[Y]. The van der Waals surface area contributed by atoms with Crippen LogP contribution in [0, 0.1) is 6.07 Å². The van der Waals surface area contributed by atoms with Gasteiger partial charge in [-0.3, -0.25) is 0 Å². The first kappa shape index (κ1) is 11.1. The van der Waals surface area contributed by atoms with E-state index in [1.165, 1.54) is 11.1 Å². The van der Waals surface area contributed by atoms with Crippen molar-refractivity contribution in [2.45, 2.75) is 19.0 Å². The minimum atomic E-state index is -0.176. The number of carbonyl (C=O) groups is 1. The molecule has 1 amide bonds. The Bertz CT molecular complexity index is 394. The quantitative estimate of drug-likeness (QED) is 0.670. The number of carbonyl (C=O) groups excluding carboxylic acids is 1. The van der Waals surface area contributed by atoms with Gasteiger partial charge < -0.3 is 9.64 Å². The molecule has 0 bridgehead atoms. The van der Waals surface area contributed by atoms with Gasteiger partial charge in [0.25, 0.3) is 0 Å². The van der Waals surface area contributed by atoms with Crippen molar-refractivity contribution >= 4 is 6.09 Å². The van der Waals surface area contributed by atoms with E-state index in [0.717, 1.165) is 6.42 Å². The number of nitrogens with zero attached hydrogens (tertiary/aromatic N) is 1. The number of fused-ring (bicyclic) bond motifs is 2. The topological polar surface area (TPSA) is 29.5 Å². The number of ether oxygens (including phenoxy) is 1. The second kappa shape index (κ2) is 4.22. The van der Waals surface area contributed by atoms with Gasteiger partial charge in [-0.15, -0.1) is 5.56 Å². The largest absolute Gasteiger partial charge is 0.447 e. The third kappa shape index (κ3) is 1.83. The van der Waals surface area contributed by atoms with E-state index in [1.54, 1.807) is 4.90 Å². The molecule has 4 heteroatoms. The molecule has 2 aliphatic rings. The van der Waals surface area contributed by atoms with Crippen LogP contribution in [0.4, 0.5) is 4.79 Å². The summed E-state index contributed by atoms with van der Waals surface area (Å²) in [6.45, 7) is 1.21. The smallest absolute Gasteiger partial charge is 0.409 e. The molecular weight excluding hydrogens is 267 g/mol. The van der Waals surface area contributed by atoms with Gasteiger partial charge in [-0.25, -0.2) is 4.79 Å². The molecule has 0 aromatic heterocycles. The Labute approximate surface area is 114 Å². The van der Waals surface area contributed by atoms with Crippen LogP contribution in [-0.2, 0) is 50.4 Å². The van der Waals surface area contributed by atoms with Crippen LogP contribution >= 0.6 is 0 Å². The van der Waals surface area contributed by atoms with Gasteiger partial charge in [0, 0.05) is 39.3 Å². The van der Waals surface area contributed by atoms with E-state index in [-0.39, 0.29) is 44.8 Å². The summed E-state index contributed by atoms with van der Waals surface area (Å²) in [6.07, 6.45) is 0.701. The van der Waals surface area contributed by atoms with Crippen molar-refractivity contribution in [3.8, 4) is 0 Å². The molecule has 1 saturated heterocycles. The molecule has 0 aliphatic carbocycles. The van der Waals surface area contributed by atoms with Crippen molar-refractivity contribution in [3.63, 3.8) is 0 Å². The molecule has 2 aliphatic heterocycles. The van der Waals surface area contributed by atoms with Crippen LogP contribution in [0.15, 0.2) is 18.2 Å². The van der Waals surface area contributed by atoms with Gasteiger partial charge in [0.15, 0.2) is 0 Å². The summed E-state index contributed by atoms with van der Waals surface area (Å²) in [5.41, 5.74) is 2.43. The maximum absolute atomic E-state index is 11.3. The van der Waals surface area contributed by atoms with Crippen molar-refractivity contribution < 1.29 is 42.2 Å². The van der Waals surface area contributed by atoms with E-state index in [4.69, 9.17) is 4.74 Å². The second-order valence-corrected chi connectivity index (χ2v) is 3.74.